The molecule has 0 radical (unpaired) electrons. The number of methoxy groups -OCH3 is 1. The van der Waals surface area contributed by atoms with Crippen molar-refractivity contribution in [3.8, 4) is 22.8 Å². The van der Waals surface area contributed by atoms with Crippen molar-refractivity contribution in [3.05, 3.63) is 99.9 Å². The molecule has 0 aliphatic rings. The summed E-state index contributed by atoms with van der Waals surface area (Å²) < 4.78 is 11.5. The summed E-state index contributed by atoms with van der Waals surface area (Å²) in [6, 6.07) is 20.0. The molecule has 1 N–H and O–H groups in total. The van der Waals surface area contributed by atoms with Crippen LogP contribution in [0.3, 0.4) is 0 Å². The second-order valence-electron chi connectivity index (χ2n) is 8.30. The highest BCUT2D eigenvalue weighted by atomic mass is 32.1. The molecular formula is C29H28N2O3S. The molecule has 1 aromatic heterocycles. The van der Waals surface area contributed by atoms with Crippen LogP contribution in [0.2, 0.25) is 0 Å². The molecule has 1 heterocycles. The summed E-state index contributed by atoms with van der Waals surface area (Å²) in [5.41, 5.74) is 7.40. The van der Waals surface area contributed by atoms with Crippen molar-refractivity contribution in [1.29, 1.82) is 0 Å². The van der Waals surface area contributed by atoms with Crippen LogP contribution in [0.15, 0.2) is 72.1 Å². The van der Waals surface area contributed by atoms with Gasteiger partial charge in [-0.25, -0.2) is 4.98 Å². The lowest BCUT2D eigenvalue weighted by Gasteiger charge is -2.12. The lowest BCUT2D eigenvalue weighted by atomic mass is 10.0. The van der Waals surface area contributed by atoms with Gasteiger partial charge in [0.1, 0.15) is 6.61 Å². The van der Waals surface area contributed by atoms with Crippen molar-refractivity contribution < 1.29 is 14.3 Å². The molecule has 5 nitrogen and oxygen atoms in total. The molecule has 0 aliphatic heterocycles. The van der Waals surface area contributed by atoms with Crippen molar-refractivity contribution in [2.45, 2.75) is 27.4 Å². The second-order valence-corrected chi connectivity index (χ2v) is 9.16. The first kappa shape index (κ1) is 24.2. The average molecular weight is 485 g/mol. The van der Waals surface area contributed by atoms with Crippen LogP contribution in [0.4, 0.5) is 5.13 Å². The van der Waals surface area contributed by atoms with E-state index >= 15 is 0 Å². The summed E-state index contributed by atoms with van der Waals surface area (Å²) in [5, 5.41) is 5.37. The molecule has 0 bridgehead atoms. The van der Waals surface area contributed by atoms with Gasteiger partial charge in [-0.1, -0.05) is 48.0 Å². The fourth-order valence-electron chi connectivity index (χ4n) is 3.62. The first-order chi connectivity index (χ1) is 16.9. The Morgan fingerprint density at radius 3 is 2.63 bits per heavy atom. The molecule has 35 heavy (non-hydrogen) atoms. The molecular weight excluding hydrogens is 456 g/mol. The number of aromatic nitrogens is 1. The molecule has 0 saturated carbocycles. The molecule has 6 heteroatoms. The van der Waals surface area contributed by atoms with Gasteiger partial charge in [-0.05, 0) is 67.3 Å². The number of carbonyl (C=O) groups excluding carboxylic acids is 1. The van der Waals surface area contributed by atoms with E-state index in [2.05, 4.69) is 55.3 Å². The lowest BCUT2D eigenvalue weighted by Crippen LogP contribution is -2.07. The van der Waals surface area contributed by atoms with E-state index in [1.165, 1.54) is 28.5 Å². The quantitative estimate of drug-likeness (QED) is 0.274. The molecule has 0 atom stereocenters. The molecule has 0 unspecified atom stereocenters. The topological polar surface area (TPSA) is 60.5 Å². The van der Waals surface area contributed by atoms with Gasteiger partial charge in [0.25, 0.3) is 0 Å². The van der Waals surface area contributed by atoms with Crippen molar-refractivity contribution in [2.75, 3.05) is 12.4 Å². The maximum Gasteiger partial charge on any atom is 0.250 e. The molecule has 0 fully saturated rings. The fourth-order valence-corrected chi connectivity index (χ4v) is 4.33. The number of carbonyl (C=O) groups is 1. The van der Waals surface area contributed by atoms with Gasteiger partial charge in [-0.3, -0.25) is 10.1 Å². The van der Waals surface area contributed by atoms with Gasteiger partial charge in [0.15, 0.2) is 16.6 Å². The lowest BCUT2D eigenvalue weighted by molar-refractivity contribution is -0.111. The van der Waals surface area contributed by atoms with E-state index in [1.54, 1.807) is 13.2 Å². The van der Waals surface area contributed by atoms with Crippen LogP contribution < -0.4 is 14.8 Å². The van der Waals surface area contributed by atoms with Gasteiger partial charge in [-0.15, -0.1) is 11.3 Å². The number of rotatable bonds is 8. The van der Waals surface area contributed by atoms with Gasteiger partial charge in [0.05, 0.1) is 12.8 Å². The Bertz CT molecular complexity index is 1370. The number of hydrogen-bond acceptors (Lipinski definition) is 5. The van der Waals surface area contributed by atoms with Crippen molar-refractivity contribution in [1.82, 2.24) is 4.98 Å². The van der Waals surface area contributed by atoms with Gasteiger partial charge in [0, 0.05) is 17.0 Å². The van der Waals surface area contributed by atoms with Crippen molar-refractivity contribution >= 4 is 28.5 Å². The standard InChI is InChI=1S/C29H28N2O3S/c1-19-9-10-21(3)24(15-19)25-18-35-29(30-25)31-28(32)14-12-22-11-13-26(27(16-22)33-4)34-17-23-8-6-5-7-20(23)2/h5-16,18H,17H2,1-4H3,(H,30,31,32)/b14-12+. The predicted molar refractivity (Wildman–Crippen MR) is 143 cm³/mol. The molecule has 178 valence electrons. The Morgan fingerprint density at radius 2 is 1.83 bits per heavy atom. The third-order valence-corrected chi connectivity index (χ3v) is 6.42. The summed E-state index contributed by atoms with van der Waals surface area (Å²) in [4.78, 5) is 17.1. The summed E-state index contributed by atoms with van der Waals surface area (Å²) in [6.45, 7) is 6.63. The van der Waals surface area contributed by atoms with E-state index in [0.29, 0.717) is 23.2 Å². The van der Waals surface area contributed by atoms with Crippen LogP contribution in [0.1, 0.15) is 27.8 Å². The highest BCUT2D eigenvalue weighted by molar-refractivity contribution is 7.14. The number of anilines is 1. The summed E-state index contributed by atoms with van der Waals surface area (Å²) in [6.07, 6.45) is 3.23. The first-order valence-corrected chi connectivity index (χ1v) is 12.2. The smallest absolute Gasteiger partial charge is 0.250 e. The highest BCUT2D eigenvalue weighted by Gasteiger charge is 2.10. The zero-order valence-corrected chi connectivity index (χ0v) is 21.1. The van der Waals surface area contributed by atoms with Crippen molar-refractivity contribution in [2.24, 2.45) is 0 Å². The van der Waals surface area contributed by atoms with Crippen LogP contribution >= 0.6 is 11.3 Å². The largest absolute Gasteiger partial charge is 0.493 e. The molecule has 4 aromatic rings. The monoisotopic (exact) mass is 484 g/mol. The van der Waals surface area contributed by atoms with Crippen molar-refractivity contribution in [3.63, 3.8) is 0 Å². The zero-order valence-electron chi connectivity index (χ0n) is 20.3. The number of amides is 1. The van der Waals surface area contributed by atoms with Gasteiger partial charge >= 0.3 is 0 Å². The van der Waals surface area contributed by atoms with Crippen LogP contribution in [0.5, 0.6) is 11.5 Å². The summed E-state index contributed by atoms with van der Waals surface area (Å²) >= 11 is 1.41. The number of aryl methyl sites for hydroxylation is 3. The maximum atomic E-state index is 12.5. The Kier molecular flexibility index (Phi) is 7.63. The second kappa shape index (κ2) is 11.0. The van der Waals surface area contributed by atoms with E-state index in [4.69, 9.17) is 9.47 Å². The maximum absolute atomic E-state index is 12.5. The van der Waals surface area contributed by atoms with Crippen LogP contribution in [-0.2, 0) is 11.4 Å². The van der Waals surface area contributed by atoms with Crippen LogP contribution in [0, 0.1) is 20.8 Å². The zero-order chi connectivity index (χ0) is 24.8. The number of ether oxygens (including phenoxy) is 2. The Labute approximate surface area is 210 Å². The minimum Gasteiger partial charge on any atom is -0.493 e. The van der Waals surface area contributed by atoms with Gasteiger partial charge in [-0.2, -0.15) is 0 Å². The molecule has 1 amide bonds. The number of benzene rings is 3. The molecule has 3 aromatic carbocycles. The minimum atomic E-state index is -0.245. The minimum absolute atomic E-state index is 0.245. The number of nitrogens with one attached hydrogen (secondary N) is 1. The Balaban J connectivity index is 1.39. The number of hydrogen-bond donors (Lipinski definition) is 1. The third-order valence-electron chi connectivity index (χ3n) is 5.66. The van der Waals surface area contributed by atoms with E-state index in [9.17, 15) is 4.79 Å². The normalized spacial score (nSPS) is 11.0. The Morgan fingerprint density at radius 1 is 1.00 bits per heavy atom. The first-order valence-electron chi connectivity index (χ1n) is 11.3. The number of nitrogens with zero attached hydrogens (tertiary/aromatic N) is 1. The summed E-state index contributed by atoms with van der Waals surface area (Å²) in [7, 11) is 1.60. The molecule has 0 aliphatic carbocycles. The fraction of sp³-hybridized carbons (Fsp3) is 0.172. The van der Waals surface area contributed by atoms with E-state index in [1.807, 2.05) is 41.8 Å². The van der Waals surface area contributed by atoms with Crippen LogP contribution in [-0.4, -0.2) is 18.0 Å². The average Bonchev–Trinajstić information content (AvgIpc) is 3.32. The van der Waals surface area contributed by atoms with Gasteiger partial charge in [0.2, 0.25) is 5.91 Å². The van der Waals surface area contributed by atoms with E-state index in [-0.39, 0.29) is 5.91 Å². The molecule has 4 rings (SSSR count). The summed E-state index contributed by atoms with van der Waals surface area (Å²) in [5.74, 6) is 1.02. The highest BCUT2D eigenvalue weighted by Crippen LogP contribution is 2.30. The predicted octanol–water partition coefficient (Wildman–Crippen LogP) is 6.97. The molecule has 0 spiro atoms. The molecule has 0 saturated heterocycles. The van der Waals surface area contributed by atoms with E-state index in [0.717, 1.165) is 27.9 Å². The van der Waals surface area contributed by atoms with Gasteiger partial charge < -0.3 is 9.47 Å². The van der Waals surface area contributed by atoms with E-state index < -0.39 is 0 Å². The number of thiazole rings is 1. The SMILES string of the molecule is COc1cc(/C=C/C(=O)Nc2nc(-c3cc(C)ccc3C)cs2)ccc1OCc1ccccc1C. The Hall–Kier alpha value is -3.90. The van der Waals surface area contributed by atoms with Crippen LogP contribution in [0.25, 0.3) is 17.3 Å². The third kappa shape index (κ3) is 6.16.